The SMILES string of the molecule is CCCCOCCOCCNC(=NC)NCc1cccc(OCCN(C)C)c1. The third kappa shape index (κ3) is 12.5. The van der Waals surface area contributed by atoms with E-state index in [2.05, 4.69) is 39.6 Å². The number of aliphatic imine (C=N–C) groups is 1. The Kier molecular flexibility index (Phi) is 14.0. The van der Waals surface area contributed by atoms with Crippen molar-refractivity contribution in [2.24, 2.45) is 4.99 Å². The quantitative estimate of drug-likeness (QED) is 0.270. The molecule has 0 bridgehead atoms. The molecule has 0 aliphatic carbocycles. The van der Waals surface area contributed by atoms with Crippen molar-refractivity contribution in [3.05, 3.63) is 29.8 Å². The van der Waals surface area contributed by atoms with Crippen molar-refractivity contribution >= 4 is 5.96 Å². The molecular weight excluding hydrogens is 356 g/mol. The Balaban J connectivity index is 2.18. The summed E-state index contributed by atoms with van der Waals surface area (Å²) in [5.41, 5.74) is 1.14. The summed E-state index contributed by atoms with van der Waals surface area (Å²) in [6.45, 7) is 7.81. The molecule has 0 saturated heterocycles. The van der Waals surface area contributed by atoms with E-state index in [4.69, 9.17) is 14.2 Å². The van der Waals surface area contributed by atoms with Gasteiger partial charge in [-0.25, -0.2) is 0 Å². The minimum absolute atomic E-state index is 0.618. The number of ether oxygens (including phenoxy) is 3. The minimum Gasteiger partial charge on any atom is -0.492 e. The summed E-state index contributed by atoms with van der Waals surface area (Å²) >= 11 is 0. The van der Waals surface area contributed by atoms with Gasteiger partial charge >= 0.3 is 0 Å². The zero-order valence-electron chi connectivity index (χ0n) is 18.0. The zero-order valence-corrected chi connectivity index (χ0v) is 18.0. The van der Waals surface area contributed by atoms with Crippen molar-refractivity contribution in [3.8, 4) is 5.75 Å². The van der Waals surface area contributed by atoms with Crippen molar-refractivity contribution in [2.75, 3.05) is 67.3 Å². The highest BCUT2D eigenvalue weighted by atomic mass is 16.5. The third-order valence-electron chi connectivity index (χ3n) is 3.94. The largest absolute Gasteiger partial charge is 0.492 e. The molecule has 0 fully saturated rings. The van der Waals surface area contributed by atoms with Crippen LogP contribution in [0.1, 0.15) is 25.3 Å². The highest BCUT2D eigenvalue weighted by Gasteiger charge is 2.01. The fourth-order valence-electron chi connectivity index (χ4n) is 2.31. The molecule has 0 spiro atoms. The first-order chi connectivity index (χ1) is 13.7. The molecular formula is C21H38N4O3. The van der Waals surface area contributed by atoms with E-state index in [0.717, 1.165) is 43.3 Å². The molecule has 0 radical (unpaired) electrons. The molecule has 160 valence electrons. The molecule has 7 heteroatoms. The second kappa shape index (κ2) is 16.2. The number of benzene rings is 1. The molecule has 0 aliphatic rings. The number of hydrogen-bond donors (Lipinski definition) is 2. The molecule has 0 amide bonds. The summed E-state index contributed by atoms with van der Waals surface area (Å²) < 4.78 is 16.8. The first kappa shape index (κ1) is 24.2. The summed E-state index contributed by atoms with van der Waals surface area (Å²) in [6, 6.07) is 8.11. The van der Waals surface area contributed by atoms with Crippen LogP contribution in [0.5, 0.6) is 5.75 Å². The summed E-state index contributed by atoms with van der Waals surface area (Å²) in [5, 5.41) is 6.56. The van der Waals surface area contributed by atoms with Crippen molar-refractivity contribution in [3.63, 3.8) is 0 Å². The molecule has 0 aliphatic heterocycles. The summed E-state index contributed by atoms with van der Waals surface area (Å²) in [4.78, 5) is 6.34. The first-order valence-electron chi connectivity index (χ1n) is 10.1. The van der Waals surface area contributed by atoms with E-state index in [9.17, 15) is 0 Å². The monoisotopic (exact) mass is 394 g/mol. The molecule has 0 heterocycles. The van der Waals surface area contributed by atoms with Crippen LogP contribution >= 0.6 is 0 Å². The second-order valence-electron chi connectivity index (χ2n) is 6.73. The van der Waals surface area contributed by atoms with Crippen LogP contribution in [-0.2, 0) is 16.0 Å². The molecule has 7 nitrogen and oxygen atoms in total. The van der Waals surface area contributed by atoms with Crippen molar-refractivity contribution in [2.45, 2.75) is 26.3 Å². The minimum atomic E-state index is 0.618. The number of unbranched alkanes of at least 4 members (excludes halogenated alkanes) is 1. The lowest BCUT2D eigenvalue weighted by molar-refractivity contribution is 0.0487. The average Bonchev–Trinajstić information content (AvgIpc) is 2.69. The highest BCUT2D eigenvalue weighted by molar-refractivity contribution is 5.79. The standard InChI is InChI=1S/C21H38N4O3/c1-5-6-12-26-15-16-27-13-10-23-21(22-2)24-18-19-8-7-9-20(17-19)28-14-11-25(3)4/h7-9,17H,5-6,10-16,18H2,1-4H3,(H2,22,23,24). The van der Waals surface area contributed by atoms with Crippen LogP contribution in [-0.4, -0.2) is 78.1 Å². The molecule has 28 heavy (non-hydrogen) atoms. The summed E-state index contributed by atoms with van der Waals surface area (Å²) in [7, 11) is 5.84. The Morgan fingerprint density at radius 2 is 1.82 bits per heavy atom. The fraction of sp³-hybridized carbons (Fsp3) is 0.667. The van der Waals surface area contributed by atoms with Crippen LogP contribution in [0, 0.1) is 0 Å². The van der Waals surface area contributed by atoms with Gasteiger partial charge in [0.05, 0.1) is 19.8 Å². The van der Waals surface area contributed by atoms with Crippen LogP contribution in [0.2, 0.25) is 0 Å². The van der Waals surface area contributed by atoms with E-state index < -0.39 is 0 Å². The number of likely N-dealkylation sites (N-methyl/N-ethyl adjacent to an activating group) is 1. The maximum absolute atomic E-state index is 5.78. The predicted octanol–water partition coefficient (Wildman–Crippen LogP) is 2.13. The average molecular weight is 395 g/mol. The lowest BCUT2D eigenvalue weighted by Crippen LogP contribution is -2.38. The molecule has 1 aromatic rings. The summed E-state index contributed by atoms with van der Waals surface area (Å²) in [5.74, 6) is 1.64. The van der Waals surface area contributed by atoms with Crippen LogP contribution in [0.25, 0.3) is 0 Å². The van der Waals surface area contributed by atoms with Gasteiger partial charge in [-0.15, -0.1) is 0 Å². The highest BCUT2D eigenvalue weighted by Crippen LogP contribution is 2.13. The maximum Gasteiger partial charge on any atom is 0.191 e. The molecule has 0 aromatic heterocycles. The Bertz CT molecular complexity index is 538. The lowest BCUT2D eigenvalue weighted by atomic mass is 10.2. The van der Waals surface area contributed by atoms with E-state index >= 15 is 0 Å². The molecule has 1 rings (SSSR count). The predicted molar refractivity (Wildman–Crippen MR) is 115 cm³/mol. The van der Waals surface area contributed by atoms with E-state index in [1.165, 1.54) is 0 Å². The topological polar surface area (TPSA) is 67.3 Å². The summed E-state index contributed by atoms with van der Waals surface area (Å²) in [6.07, 6.45) is 2.26. The fourth-order valence-corrected chi connectivity index (χ4v) is 2.31. The van der Waals surface area contributed by atoms with Crippen molar-refractivity contribution < 1.29 is 14.2 Å². The molecule has 0 unspecified atom stereocenters. The molecule has 2 N–H and O–H groups in total. The van der Waals surface area contributed by atoms with Crippen LogP contribution < -0.4 is 15.4 Å². The van der Waals surface area contributed by atoms with Gasteiger partial charge in [0.25, 0.3) is 0 Å². The Hall–Kier alpha value is -1.83. The number of rotatable bonds is 15. The maximum atomic E-state index is 5.78. The second-order valence-corrected chi connectivity index (χ2v) is 6.73. The van der Waals surface area contributed by atoms with Crippen LogP contribution in [0.4, 0.5) is 0 Å². The van der Waals surface area contributed by atoms with Crippen LogP contribution in [0.15, 0.2) is 29.3 Å². The smallest absolute Gasteiger partial charge is 0.191 e. The van der Waals surface area contributed by atoms with Gasteiger partial charge in [-0.3, -0.25) is 4.99 Å². The normalized spacial score (nSPS) is 11.7. The number of hydrogen-bond acceptors (Lipinski definition) is 5. The molecule has 1 aromatic carbocycles. The van der Waals surface area contributed by atoms with Gasteiger partial charge in [0.2, 0.25) is 0 Å². The van der Waals surface area contributed by atoms with Crippen LogP contribution in [0.3, 0.4) is 0 Å². The van der Waals surface area contributed by atoms with E-state index in [1.807, 2.05) is 26.2 Å². The van der Waals surface area contributed by atoms with E-state index in [0.29, 0.717) is 39.5 Å². The Morgan fingerprint density at radius 3 is 2.54 bits per heavy atom. The number of nitrogens with zero attached hydrogens (tertiary/aromatic N) is 2. The van der Waals surface area contributed by atoms with Gasteiger partial charge in [-0.1, -0.05) is 25.5 Å². The van der Waals surface area contributed by atoms with Gasteiger partial charge in [0.1, 0.15) is 12.4 Å². The van der Waals surface area contributed by atoms with Gasteiger partial charge in [-0.05, 0) is 38.2 Å². The van der Waals surface area contributed by atoms with E-state index in [1.54, 1.807) is 7.05 Å². The van der Waals surface area contributed by atoms with Gasteiger partial charge in [-0.2, -0.15) is 0 Å². The third-order valence-corrected chi connectivity index (χ3v) is 3.94. The van der Waals surface area contributed by atoms with Gasteiger partial charge in [0, 0.05) is 33.3 Å². The van der Waals surface area contributed by atoms with Gasteiger partial charge in [0.15, 0.2) is 5.96 Å². The van der Waals surface area contributed by atoms with E-state index in [-0.39, 0.29) is 0 Å². The molecule has 0 atom stereocenters. The first-order valence-corrected chi connectivity index (χ1v) is 10.1. The Labute approximate surface area is 170 Å². The zero-order chi connectivity index (χ0) is 20.5. The van der Waals surface area contributed by atoms with Crippen molar-refractivity contribution in [1.82, 2.24) is 15.5 Å². The lowest BCUT2D eigenvalue weighted by Gasteiger charge is -2.14. The number of guanidine groups is 1. The Morgan fingerprint density at radius 1 is 1.04 bits per heavy atom. The number of nitrogens with one attached hydrogen (secondary N) is 2. The van der Waals surface area contributed by atoms with Crippen molar-refractivity contribution in [1.29, 1.82) is 0 Å². The van der Waals surface area contributed by atoms with Gasteiger partial charge < -0.3 is 29.7 Å². The molecule has 0 saturated carbocycles.